The zero-order valence-corrected chi connectivity index (χ0v) is 17.6. The van der Waals surface area contributed by atoms with E-state index in [1.54, 1.807) is 30.0 Å². The number of nitrogens with one attached hydrogen (secondary N) is 1. The summed E-state index contributed by atoms with van der Waals surface area (Å²) in [5.41, 5.74) is 3.98. The molecule has 0 unspecified atom stereocenters. The average Bonchev–Trinajstić information content (AvgIpc) is 3.24. The van der Waals surface area contributed by atoms with E-state index >= 15 is 0 Å². The van der Waals surface area contributed by atoms with Crippen molar-refractivity contribution in [1.82, 2.24) is 9.78 Å². The molecular weight excluding hydrogens is 410 g/mol. The fourth-order valence-electron chi connectivity index (χ4n) is 3.10. The Hall–Kier alpha value is -3.83. The van der Waals surface area contributed by atoms with Gasteiger partial charge in [-0.1, -0.05) is 41.9 Å². The Bertz CT molecular complexity index is 1220. The summed E-state index contributed by atoms with van der Waals surface area (Å²) in [4.78, 5) is 12.4. The van der Waals surface area contributed by atoms with E-state index < -0.39 is 0 Å². The number of carbonyl (C=O) groups is 1. The minimum absolute atomic E-state index is 0.277. The van der Waals surface area contributed by atoms with Crippen LogP contribution in [0.1, 0.15) is 5.56 Å². The molecule has 1 heterocycles. The molecule has 3 aromatic carbocycles. The number of benzene rings is 3. The number of anilines is 1. The topological polar surface area (TPSA) is 56.2 Å². The third-order valence-electron chi connectivity index (χ3n) is 4.67. The van der Waals surface area contributed by atoms with Crippen molar-refractivity contribution < 1.29 is 9.53 Å². The molecule has 154 valence electrons. The van der Waals surface area contributed by atoms with Crippen molar-refractivity contribution in [2.75, 3.05) is 12.4 Å². The van der Waals surface area contributed by atoms with Gasteiger partial charge in [-0.15, -0.1) is 0 Å². The first-order valence-electron chi connectivity index (χ1n) is 9.67. The number of hydrogen-bond acceptors (Lipinski definition) is 3. The normalized spacial score (nSPS) is 10.9. The van der Waals surface area contributed by atoms with Crippen LogP contribution in [0.3, 0.4) is 0 Å². The number of carbonyl (C=O) groups excluding carboxylic acids is 1. The molecule has 6 heteroatoms. The van der Waals surface area contributed by atoms with Crippen LogP contribution < -0.4 is 10.1 Å². The number of methoxy groups -OCH3 is 1. The predicted octanol–water partition coefficient (Wildman–Crippen LogP) is 5.85. The van der Waals surface area contributed by atoms with Gasteiger partial charge in [-0.25, -0.2) is 4.68 Å². The van der Waals surface area contributed by atoms with Crippen LogP contribution >= 0.6 is 11.6 Å². The van der Waals surface area contributed by atoms with Crippen molar-refractivity contribution in [3.05, 3.63) is 102 Å². The van der Waals surface area contributed by atoms with Gasteiger partial charge in [0.15, 0.2) is 0 Å². The van der Waals surface area contributed by atoms with Crippen LogP contribution in [0.2, 0.25) is 5.02 Å². The first-order chi connectivity index (χ1) is 15.1. The van der Waals surface area contributed by atoms with Crippen LogP contribution in [-0.2, 0) is 4.79 Å². The second-order valence-electron chi connectivity index (χ2n) is 6.74. The number of halogens is 1. The van der Waals surface area contributed by atoms with Crippen LogP contribution in [0, 0.1) is 0 Å². The highest BCUT2D eigenvalue weighted by Crippen LogP contribution is 2.27. The first-order valence-corrected chi connectivity index (χ1v) is 10.0. The number of para-hydroxylation sites is 2. The van der Waals surface area contributed by atoms with Crippen LogP contribution in [0.4, 0.5) is 5.69 Å². The quantitative estimate of drug-likeness (QED) is 0.391. The standard InChI is InChI=1S/C25H20ClN3O2/c1-31-21-14-11-18(12-15-21)25-19(17-29(28-25)20-7-3-2-4-8-20)13-16-24(30)27-23-10-6-5-9-22(23)26/h2-17H,1H3,(H,27,30)/b16-13+. The lowest BCUT2D eigenvalue weighted by Gasteiger charge is -2.04. The first kappa shape index (κ1) is 20.4. The van der Waals surface area contributed by atoms with E-state index in [9.17, 15) is 4.79 Å². The summed E-state index contributed by atoms with van der Waals surface area (Å²) in [6.45, 7) is 0. The molecule has 0 saturated heterocycles. The number of amides is 1. The van der Waals surface area contributed by atoms with Gasteiger partial charge < -0.3 is 10.1 Å². The largest absolute Gasteiger partial charge is 0.497 e. The maximum absolute atomic E-state index is 12.4. The Morgan fingerprint density at radius 3 is 2.42 bits per heavy atom. The highest BCUT2D eigenvalue weighted by atomic mass is 35.5. The third kappa shape index (κ3) is 4.85. The number of nitrogens with zero attached hydrogens (tertiary/aromatic N) is 2. The fraction of sp³-hybridized carbons (Fsp3) is 0.0400. The molecule has 1 amide bonds. The molecule has 0 aliphatic carbocycles. The number of ether oxygens (including phenoxy) is 1. The molecule has 0 fully saturated rings. The zero-order valence-electron chi connectivity index (χ0n) is 16.8. The van der Waals surface area contributed by atoms with Gasteiger partial charge in [-0.2, -0.15) is 5.10 Å². The fourth-order valence-corrected chi connectivity index (χ4v) is 3.28. The molecular formula is C25H20ClN3O2. The van der Waals surface area contributed by atoms with Crippen molar-refractivity contribution >= 4 is 29.3 Å². The van der Waals surface area contributed by atoms with E-state index in [0.717, 1.165) is 28.3 Å². The Morgan fingerprint density at radius 2 is 1.71 bits per heavy atom. The van der Waals surface area contributed by atoms with E-state index in [1.807, 2.05) is 72.9 Å². The highest BCUT2D eigenvalue weighted by Gasteiger charge is 2.11. The molecule has 4 rings (SSSR count). The summed E-state index contributed by atoms with van der Waals surface area (Å²) < 4.78 is 7.05. The van der Waals surface area contributed by atoms with Gasteiger partial charge in [0.1, 0.15) is 5.75 Å². The maximum atomic E-state index is 12.4. The Kier molecular flexibility index (Phi) is 6.15. The van der Waals surface area contributed by atoms with Crippen molar-refractivity contribution in [3.8, 4) is 22.7 Å². The Morgan fingerprint density at radius 1 is 1.00 bits per heavy atom. The number of aromatic nitrogens is 2. The lowest BCUT2D eigenvalue weighted by molar-refractivity contribution is -0.111. The van der Waals surface area contributed by atoms with Gasteiger partial charge in [0.2, 0.25) is 5.91 Å². The summed E-state index contributed by atoms with van der Waals surface area (Å²) in [5.74, 6) is 0.490. The van der Waals surface area contributed by atoms with Crippen molar-refractivity contribution in [1.29, 1.82) is 0 Å². The van der Waals surface area contributed by atoms with E-state index in [0.29, 0.717) is 10.7 Å². The lowest BCUT2D eigenvalue weighted by Crippen LogP contribution is -2.07. The summed E-state index contributed by atoms with van der Waals surface area (Å²) in [6, 6.07) is 24.6. The van der Waals surface area contributed by atoms with E-state index in [4.69, 9.17) is 21.4 Å². The molecule has 0 spiro atoms. The molecule has 1 N–H and O–H groups in total. The number of rotatable bonds is 6. The molecule has 0 saturated carbocycles. The third-order valence-corrected chi connectivity index (χ3v) is 5.00. The number of hydrogen-bond donors (Lipinski definition) is 1. The van der Waals surface area contributed by atoms with Crippen LogP contribution in [0.25, 0.3) is 23.0 Å². The van der Waals surface area contributed by atoms with Crippen LogP contribution in [0.15, 0.2) is 91.1 Å². The van der Waals surface area contributed by atoms with Gasteiger partial charge in [-0.05, 0) is 54.6 Å². The van der Waals surface area contributed by atoms with Crippen LogP contribution in [-0.4, -0.2) is 22.8 Å². The monoisotopic (exact) mass is 429 g/mol. The smallest absolute Gasteiger partial charge is 0.248 e. The Labute approximate surface area is 185 Å². The maximum Gasteiger partial charge on any atom is 0.248 e. The van der Waals surface area contributed by atoms with E-state index in [1.165, 1.54) is 6.08 Å². The zero-order chi connectivity index (χ0) is 21.6. The van der Waals surface area contributed by atoms with Crippen molar-refractivity contribution in [2.24, 2.45) is 0 Å². The van der Waals surface area contributed by atoms with E-state index in [2.05, 4.69) is 5.32 Å². The molecule has 1 aromatic heterocycles. The highest BCUT2D eigenvalue weighted by molar-refractivity contribution is 6.33. The molecule has 0 bridgehead atoms. The molecule has 0 radical (unpaired) electrons. The van der Waals surface area contributed by atoms with Gasteiger partial charge in [0.25, 0.3) is 0 Å². The van der Waals surface area contributed by atoms with Gasteiger partial charge in [0.05, 0.1) is 29.2 Å². The van der Waals surface area contributed by atoms with E-state index in [-0.39, 0.29) is 5.91 Å². The summed E-state index contributed by atoms with van der Waals surface area (Å²) in [6.07, 6.45) is 5.12. The molecule has 0 atom stereocenters. The molecule has 5 nitrogen and oxygen atoms in total. The van der Waals surface area contributed by atoms with Gasteiger partial charge in [0, 0.05) is 23.4 Å². The molecule has 4 aromatic rings. The van der Waals surface area contributed by atoms with Gasteiger partial charge in [-0.3, -0.25) is 4.79 Å². The van der Waals surface area contributed by atoms with Crippen molar-refractivity contribution in [3.63, 3.8) is 0 Å². The SMILES string of the molecule is COc1ccc(-c2nn(-c3ccccc3)cc2/C=C/C(=O)Nc2ccccc2Cl)cc1. The average molecular weight is 430 g/mol. The lowest BCUT2D eigenvalue weighted by atomic mass is 10.1. The minimum atomic E-state index is -0.277. The summed E-state index contributed by atoms with van der Waals surface area (Å²) in [7, 11) is 1.63. The van der Waals surface area contributed by atoms with Gasteiger partial charge >= 0.3 is 0 Å². The summed E-state index contributed by atoms with van der Waals surface area (Å²) in [5, 5.41) is 8.03. The van der Waals surface area contributed by atoms with Crippen molar-refractivity contribution in [2.45, 2.75) is 0 Å². The second-order valence-corrected chi connectivity index (χ2v) is 7.15. The minimum Gasteiger partial charge on any atom is -0.497 e. The molecule has 0 aliphatic heterocycles. The molecule has 31 heavy (non-hydrogen) atoms. The molecule has 0 aliphatic rings. The predicted molar refractivity (Wildman–Crippen MR) is 125 cm³/mol. The summed E-state index contributed by atoms with van der Waals surface area (Å²) >= 11 is 6.12. The Balaban J connectivity index is 1.66. The van der Waals surface area contributed by atoms with Crippen LogP contribution in [0.5, 0.6) is 5.75 Å². The second kappa shape index (κ2) is 9.32.